The van der Waals surface area contributed by atoms with Gasteiger partial charge in [0.1, 0.15) is 11.3 Å². The largest absolute Gasteiger partial charge is 0.548 e. The lowest BCUT2D eigenvalue weighted by Gasteiger charge is -2.25. The third-order valence-corrected chi connectivity index (χ3v) is 5.24. The Labute approximate surface area is 179 Å². The van der Waals surface area contributed by atoms with Gasteiger partial charge in [-0.3, -0.25) is 9.59 Å². The molecule has 0 bridgehead atoms. The van der Waals surface area contributed by atoms with Crippen LogP contribution in [0.15, 0.2) is 21.3 Å². The maximum absolute atomic E-state index is 12.1. The van der Waals surface area contributed by atoms with Gasteiger partial charge in [-0.05, 0) is 49.9 Å². The summed E-state index contributed by atoms with van der Waals surface area (Å²) in [7, 11) is 0. The molecule has 0 spiro atoms. The van der Waals surface area contributed by atoms with Crippen LogP contribution in [0.3, 0.4) is 0 Å². The molecule has 9 heteroatoms. The minimum atomic E-state index is -1.37. The molecule has 2 amide bonds. The Balaban J connectivity index is 2.03. The summed E-state index contributed by atoms with van der Waals surface area (Å²) in [6, 6.07) is 2.31. The lowest BCUT2D eigenvalue weighted by molar-refractivity contribution is -0.309. The molecule has 168 valence electrons. The maximum atomic E-state index is 12.1. The number of aryl methyl sites for hydroxylation is 2. The van der Waals surface area contributed by atoms with E-state index in [1.165, 1.54) is 0 Å². The molecule has 2 aromatic rings. The predicted molar refractivity (Wildman–Crippen MR) is 112 cm³/mol. The Kier molecular flexibility index (Phi) is 7.79. The molecule has 2 atom stereocenters. The minimum absolute atomic E-state index is 0.311. The van der Waals surface area contributed by atoms with Crippen LogP contribution in [0.25, 0.3) is 11.0 Å². The number of fused-ring (bicyclic) bond motifs is 1. The zero-order chi connectivity index (χ0) is 23.3. The van der Waals surface area contributed by atoms with Crippen molar-refractivity contribution >= 4 is 28.8 Å². The second-order valence-corrected chi connectivity index (χ2v) is 7.59. The lowest BCUT2D eigenvalue weighted by Crippen LogP contribution is -2.53. The highest BCUT2D eigenvalue weighted by Gasteiger charge is 2.20. The Morgan fingerprint density at radius 1 is 1.13 bits per heavy atom. The normalized spacial score (nSPS) is 12.8. The quantitative estimate of drug-likeness (QED) is 0.551. The first-order chi connectivity index (χ1) is 14.5. The fourth-order valence-electron chi connectivity index (χ4n) is 3.07. The topological polar surface area (TPSA) is 138 Å². The van der Waals surface area contributed by atoms with Crippen molar-refractivity contribution in [3.05, 3.63) is 39.2 Å². The molecule has 2 rings (SSSR count). The molecular formula is C22H27N2O7-. The number of carboxylic acids is 1. The number of carboxylic acid groups (broad SMARTS) is 1. The number of nitrogens with one attached hydrogen (secondary N) is 2. The van der Waals surface area contributed by atoms with Crippen LogP contribution in [0.5, 0.6) is 5.75 Å². The molecule has 0 aliphatic carbocycles. The fraction of sp³-hybridized carbons (Fsp3) is 0.455. The van der Waals surface area contributed by atoms with Gasteiger partial charge >= 0.3 is 5.63 Å². The first-order valence-corrected chi connectivity index (χ1v) is 9.99. The first kappa shape index (κ1) is 23.9. The summed E-state index contributed by atoms with van der Waals surface area (Å²) in [6.07, 6.45) is 0.544. The van der Waals surface area contributed by atoms with E-state index in [9.17, 15) is 24.3 Å². The Morgan fingerprint density at radius 2 is 1.81 bits per heavy atom. The van der Waals surface area contributed by atoms with Crippen LogP contribution in [0.4, 0.5) is 0 Å². The van der Waals surface area contributed by atoms with E-state index in [-0.39, 0.29) is 12.5 Å². The number of aliphatic carboxylic acids is 1. The molecule has 0 aliphatic rings. The second-order valence-electron chi connectivity index (χ2n) is 7.59. The van der Waals surface area contributed by atoms with Gasteiger partial charge in [0.05, 0.1) is 23.9 Å². The SMILES string of the molecule is CC[C@H](C)[C@H](NC(=O)CNC(=O)COc1cc(C)cc2oc(=O)c(C)c(C)c12)C(=O)[O-]. The van der Waals surface area contributed by atoms with E-state index in [2.05, 4.69) is 10.6 Å². The maximum Gasteiger partial charge on any atom is 0.339 e. The van der Waals surface area contributed by atoms with Gasteiger partial charge in [0.2, 0.25) is 5.91 Å². The van der Waals surface area contributed by atoms with E-state index in [1.54, 1.807) is 46.8 Å². The third-order valence-electron chi connectivity index (χ3n) is 5.24. The Hall–Kier alpha value is -3.36. The van der Waals surface area contributed by atoms with Crippen molar-refractivity contribution in [2.45, 2.75) is 47.1 Å². The molecule has 1 heterocycles. The van der Waals surface area contributed by atoms with Gasteiger partial charge in [0, 0.05) is 5.56 Å². The molecular weight excluding hydrogens is 404 g/mol. The van der Waals surface area contributed by atoms with Crippen molar-refractivity contribution in [3.8, 4) is 5.75 Å². The second kappa shape index (κ2) is 10.1. The summed E-state index contributed by atoms with van der Waals surface area (Å²) in [5.41, 5.74) is 1.86. The molecule has 1 aromatic carbocycles. The van der Waals surface area contributed by atoms with Gasteiger partial charge in [-0.25, -0.2) is 4.79 Å². The molecule has 0 saturated carbocycles. The number of rotatable bonds is 9. The monoisotopic (exact) mass is 431 g/mol. The van der Waals surface area contributed by atoms with Crippen molar-refractivity contribution < 1.29 is 28.6 Å². The molecule has 0 radical (unpaired) electrons. The van der Waals surface area contributed by atoms with Gasteiger partial charge in [-0.1, -0.05) is 20.3 Å². The zero-order valence-corrected chi connectivity index (χ0v) is 18.3. The van der Waals surface area contributed by atoms with Crippen molar-refractivity contribution in [3.63, 3.8) is 0 Å². The van der Waals surface area contributed by atoms with Gasteiger partial charge in [0.15, 0.2) is 6.61 Å². The van der Waals surface area contributed by atoms with E-state index in [0.717, 1.165) is 5.56 Å². The summed E-state index contributed by atoms with van der Waals surface area (Å²) in [6.45, 7) is 7.93. The molecule has 0 fully saturated rings. The van der Waals surface area contributed by atoms with Crippen molar-refractivity contribution in [2.75, 3.05) is 13.2 Å². The predicted octanol–water partition coefficient (Wildman–Crippen LogP) is 0.494. The summed E-state index contributed by atoms with van der Waals surface area (Å²) >= 11 is 0. The summed E-state index contributed by atoms with van der Waals surface area (Å²) in [4.78, 5) is 47.2. The number of hydrogen-bond donors (Lipinski definition) is 2. The standard InChI is InChI=1S/C22H28N2O7/c1-6-12(3)20(21(27)28)24-17(25)9-23-18(26)10-30-15-7-11(2)8-16-19(15)13(4)14(5)22(29)31-16/h7-8,12,20H,6,9-10H2,1-5H3,(H,23,26)(H,24,25)(H,27,28)/p-1/t12-,20-/m0/s1. The third kappa shape index (κ3) is 5.84. The highest BCUT2D eigenvalue weighted by atomic mass is 16.5. The lowest BCUT2D eigenvalue weighted by atomic mass is 9.99. The van der Waals surface area contributed by atoms with Crippen molar-refractivity contribution in [1.82, 2.24) is 10.6 Å². The first-order valence-electron chi connectivity index (χ1n) is 9.99. The Bertz CT molecular complexity index is 1060. The van der Waals surface area contributed by atoms with E-state index in [1.807, 2.05) is 0 Å². The number of amides is 2. The van der Waals surface area contributed by atoms with E-state index in [4.69, 9.17) is 9.15 Å². The van der Waals surface area contributed by atoms with Crippen molar-refractivity contribution in [1.29, 1.82) is 0 Å². The van der Waals surface area contributed by atoms with Crippen LogP contribution in [0.1, 0.15) is 37.0 Å². The molecule has 0 aliphatic heterocycles. The number of hydrogen-bond acceptors (Lipinski definition) is 7. The number of carbonyl (C=O) groups excluding carboxylic acids is 3. The average molecular weight is 431 g/mol. The minimum Gasteiger partial charge on any atom is -0.548 e. The Morgan fingerprint density at radius 3 is 2.42 bits per heavy atom. The van der Waals surface area contributed by atoms with Crippen LogP contribution in [-0.4, -0.2) is 37.0 Å². The zero-order valence-electron chi connectivity index (χ0n) is 18.3. The fourth-order valence-corrected chi connectivity index (χ4v) is 3.07. The average Bonchev–Trinajstić information content (AvgIpc) is 2.71. The number of carbonyl (C=O) groups is 3. The van der Waals surface area contributed by atoms with Crippen molar-refractivity contribution in [2.24, 2.45) is 5.92 Å². The van der Waals surface area contributed by atoms with E-state index in [0.29, 0.717) is 34.3 Å². The van der Waals surface area contributed by atoms with Gasteiger partial charge in [-0.2, -0.15) is 0 Å². The van der Waals surface area contributed by atoms with E-state index < -0.39 is 36.0 Å². The van der Waals surface area contributed by atoms with Crippen LogP contribution in [0.2, 0.25) is 0 Å². The molecule has 2 N–H and O–H groups in total. The van der Waals surface area contributed by atoms with Gasteiger partial charge in [0.25, 0.3) is 5.91 Å². The smallest absolute Gasteiger partial charge is 0.339 e. The summed E-state index contributed by atoms with van der Waals surface area (Å²) < 4.78 is 11.0. The number of benzene rings is 1. The van der Waals surface area contributed by atoms with Gasteiger partial charge < -0.3 is 29.7 Å². The molecule has 31 heavy (non-hydrogen) atoms. The van der Waals surface area contributed by atoms with Gasteiger partial charge in [-0.15, -0.1) is 0 Å². The molecule has 0 saturated heterocycles. The molecule has 1 aromatic heterocycles. The van der Waals surface area contributed by atoms with E-state index >= 15 is 0 Å². The van der Waals surface area contributed by atoms with Crippen LogP contribution >= 0.6 is 0 Å². The van der Waals surface area contributed by atoms with Crippen LogP contribution in [0, 0.1) is 26.7 Å². The summed E-state index contributed by atoms with van der Waals surface area (Å²) in [5, 5.41) is 16.5. The van der Waals surface area contributed by atoms with Crippen LogP contribution < -0.4 is 26.1 Å². The molecule has 9 nitrogen and oxygen atoms in total. The summed E-state index contributed by atoms with van der Waals surface area (Å²) in [5.74, 6) is -2.51. The highest BCUT2D eigenvalue weighted by molar-refractivity contribution is 5.90. The number of ether oxygens (including phenoxy) is 1. The molecule has 0 unspecified atom stereocenters. The highest BCUT2D eigenvalue weighted by Crippen LogP contribution is 2.30. The van der Waals surface area contributed by atoms with Crippen LogP contribution in [-0.2, 0) is 14.4 Å².